The third-order valence-electron chi connectivity index (χ3n) is 11.0. The van der Waals surface area contributed by atoms with E-state index in [9.17, 15) is 15.3 Å². The first-order chi connectivity index (χ1) is 14.1. The molecule has 30 heavy (non-hydrogen) atoms. The summed E-state index contributed by atoms with van der Waals surface area (Å²) in [5.74, 6) is 3.59. The van der Waals surface area contributed by atoms with E-state index in [1.165, 1.54) is 32.1 Å². The van der Waals surface area contributed by atoms with Crippen molar-refractivity contribution in [3.8, 4) is 0 Å². The lowest BCUT2D eigenvalue weighted by atomic mass is 9.43. The summed E-state index contributed by atoms with van der Waals surface area (Å²) in [6.07, 6.45) is 10.0. The molecule has 0 spiro atoms. The maximum Gasteiger partial charge on any atom is 0.0602 e. The molecule has 3 nitrogen and oxygen atoms in total. The first-order valence-corrected chi connectivity index (χ1v) is 13.1. The van der Waals surface area contributed by atoms with Crippen LogP contribution < -0.4 is 0 Å². The van der Waals surface area contributed by atoms with Gasteiger partial charge in [-0.25, -0.2) is 0 Å². The number of aliphatic hydroxyl groups excluding tert-OH is 3. The van der Waals surface area contributed by atoms with Gasteiger partial charge in [-0.05, 0) is 97.2 Å². The van der Waals surface area contributed by atoms with E-state index in [2.05, 4.69) is 34.6 Å². The van der Waals surface area contributed by atoms with E-state index >= 15 is 0 Å². The minimum Gasteiger partial charge on any atom is -0.393 e. The Bertz CT molecular complexity index is 605. The Morgan fingerprint density at radius 3 is 2.30 bits per heavy atom. The number of aliphatic hydroxyl groups is 3. The van der Waals surface area contributed by atoms with Gasteiger partial charge in [0.15, 0.2) is 0 Å². The normalized spacial score (nSPS) is 51.9. The van der Waals surface area contributed by atoms with E-state index in [0.29, 0.717) is 35.5 Å². The molecule has 0 aromatic carbocycles. The Kier molecular flexibility index (Phi) is 6.41. The zero-order valence-electron chi connectivity index (χ0n) is 20.2. The van der Waals surface area contributed by atoms with Crippen molar-refractivity contribution in [2.45, 2.75) is 117 Å². The van der Waals surface area contributed by atoms with Gasteiger partial charge in [0.25, 0.3) is 0 Å². The number of hydrogen-bond acceptors (Lipinski definition) is 3. The van der Waals surface area contributed by atoms with Gasteiger partial charge >= 0.3 is 0 Å². The zero-order chi connectivity index (χ0) is 21.8. The largest absolute Gasteiger partial charge is 0.393 e. The molecule has 0 bridgehead atoms. The summed E-state index contributed by atoms with van der Waals surface area (Å²) in [5, 5.41) is 33.2. The van der Waals surface area contributed by atoms with Crippen molar-refractivity contribution >= 4 is 0 Å². The lowest BCUT2D eigenvalue weighted by Gasteiger charge is -2.63. The fourth-order valence-corrected chi connectivity index (χ4v) is 9.18. The average Bonchev–Trinajstić information content (AvgIpc) is 3.02. The molecule has 0 radical (unpaired) electrons. The summed E-state index contributed by atoms with van der Waals surface area (Å²) in [5.41, 5.74) is 0.128. The predicted molar refractivity (Wildman–Crippen MR) is 122 cm³/mol. The van der Waals surface area contributed by atoms with Gasteiger partial charge in [0.1, 0.15) is 0 Å². The number of hydrogen-bond donors (Lipinski definition) is 3. The Balaban J connectivity index is 1.56. The van der Waals surface area contributed by atoms with Crippen LogP contribution in [0.3, 0.4) is 0 Å². The fourth-order valence-electron chi connectivity index (χ4n) is 9.18. The highest BCUT2D eigenvalue weighted by Gasteiger charge is 2.65. The lowest BCUT2D eigenvalue weighted by molar-refractivity contribution is -0.207. The Morgan fingerprint density at radius 1 is 0.867 bits per heavy atom. The van der Waals surface area contributed by atoms with Crippen LogP contribution in [-0.4, -0.2) is 33.6 Å². The van der Waals surface area contributed by atoms with Crippen molar-refractivity contribution in [1.29, 1.82) is 0 Å². The molecule has 0 aromatic heterocycles. The molecule has 0 heterocycles. The summed E-state index contributed by atoms with van der Waals surface area (Å²) in [6, 6.07) is 0. The molecule has 4 rings (SSSR count). The van der Waals surface area contributed by atoms with Gasteiger partial charge in [-0.2, -0.15) is 0 Å². The summed E-state index contributed by atoms with van der Waals surface area (Å²) < 4.78 is 0. The molecule has 0 aliphatic heterocycles. The molecule has 3 heteroatoms. The smallest absolute Gasteiger partial charge is 0.0602 e. The monoisotopic (exact) mass is 420 g/mol. The van der Waals surface area contributed by atoms with Gasteiger partial charge in [0, 0.05) is 0 Å². The van der Waals surface area contributed by atoms with Crippen LogP contribution in [0.2, 0.25) is 0 Å². The molecular weight excluding hydrogens is 372 g/mol. The van der Waals surface area contributed by atoms with Crippen LogP contribution in [-0.2, 0) is 0 Å². The van der Waals surface area contributed by atoms with Crippen LogP contribution >= 0.6 is 0 Å². The van der Waals surface area contributed by atoms with E-state index < -0.39 is 0 Å². The second-order valence-corrected chi connectivity index (χ2v) is 12.8. The summed E-state index contributed by atoms with van der Waals surface area (Å²) in [6.45, 7) is 11.8. The van der Waals surface area contributed by atoms with Gasteiger partial charge in [-0.3, -0.25) is 0 Å². The highest BCUT2D eigenvalue weighted by Crippen LogP contribution is 2.68. The summed E-state index contributed by atoms with van der Waals surface area (Å²) >= 11 is 0. The second kappa shape index (κ2) is 8.34. The first-order valence-electron chi connectivity index (χ1n) is 13.1. The van der Waals surface area contributed by atoms with E-state index in [1.54, 1.807) is 0 Å². The molecular formula is C27H48O3. The van der Waals surface area contributed by atoms with E-state index in [1.807, 2.05) is 0 Å². The molecule has 0 aromatic rings. The maximum atomic E-state index is 11.6. The van der Waals surface area contributed by atoms with E-state index in [-0.39, 0.29) is 29.1 Å². The third kappa shape index (κ3) is 3.59. The SMILES string of the molecule is CC(C)CCCC(C)C1CCC2C3C(CC(O)[C@]12C)[C@@]1(C)CCC(O)C[C@H]1C[C@H]3O. The summed E-state index contributed by atoms with van der Waals surface area (Å²) in [7, 11) is 0. The Labute approximate surface area is 185 Å². The van der Waals surface area contributed by atoms with Crippen molar-refractivity contribution in [3.05, 3.63) is 0 Å². The van der Waals surface area contributed by atoms with Crippen LogP contribution in [0.1, 0.15) is 98.8 Å². The highest BCUT2D eigenvalue weighted by molar-refractivity contribution is 5.14. The van der Waals surface area contributed by atoms with Crippen LogP contribution in [0.15, 0.2) is 0 Å². The molecule has 4 aliphatic rings. The first kappa shape index (κ1) is 23.1. The van der Waals surface area contributed by atoms with Crippen LogP contribution in [0, 0.1) is 52.3 Å². The number of rotatable bonds is 5. The number of fused-ring (bicyclic) bond motifs is 5. The van der Waals surface area contributed by atoms with Gasteiger partial charge < -0.3 is 15.3 Å². The van der Waals surface area contributed by atoms with Gasteiger partial charge in [0.05, 0.1) is 18.3 Å². The molecule has 11 atom stereocenters. The molecule has 4 fully saturated rings. The lowest BCUT2D eigenvalue weighted by Crippen LogP contribution is -2.62. The Hall–Kier alpha value is -0.120. The van der Waals surface area contributed by atoms with Crippen LogP contribution in [0.4, 0.5) is 0 Å². The fraction of sp³-hybridized carbons (Fsp3) is 1.00. The predicted octanol–water partition coefficient (Wildman–Crippen LogP) is 5.41. The van der Waals surface area contributed by atoms with Crippen LogP contribution in [0.25, 0.3) is 0 Å². The summed E-state index contributed by atoms with van der Waals surface area (Å²) in [4.78, 5) is 0. The third-order valence-corrected chi connectivity index (χ3v) is 11.0. The molecule has 4 saturated carbocycles. The quantitative estimate of drug-likeness (QED) is 0.557. The van der Waals surface area contributed by atoms with Crippen molar-refractivity contribution in [3.63, 3.8) is 0 Å². The molecule has 174 valence electrons. The standard InChI is InChI=1S/C27H48O3/c1-16(2)7-6-8-17(3)20-9-10-21-25-22(15-24(30)27(20,21)5)26(4)12-11-19(28)13-18(26)14-23(25)29/h16-25,28-30H,6-15H2,1-5H3/t17?,18-,19?,20?,21?,22?,23+,24?,25?,26-,27+/m0/s1. The topological polar surface area (TPSA) is 60.7 Å². The zero-order valence-corrected chi connectivity index (χ0v) is 20.2. The minimum atomic E-state index is -0.259. The highest BCUT2D eigenvalue weighted by atomic mass is 16.3. The van der Waals surface area contributed by atoms with Crippen molar-refractivity contribution in [2.24, 2.45) is 52.3 Å². The minimum absolute atomic E-state index is 0.0449. The van der Waals surface area contributed by atoms with Crippen molar-refractivity contribution < 1.29 is 15.3 Å². The molecule has 0 saturated heterocycles. The van der Waals surface area contributed by atoms with Crippen molar-refractivity contribution in [1.82, 2.24) is 0 Å². The van der Waals surface area contributed by atoms with Gasteiger partial charge in [0.2, 0.25) is 0 Å². The van der Waals surface area contributed by atoms with E-state index in [4.69, 9.17) is 0 Å². The molecule has 7 unspecified atom stereocenters. The van der Waals surface area contributed by atoms with Crippen LogP contribution in [0.5, 0.6) is 0 Å². The molecule has 3 N–H and O–H groups in total. The van der Waals surface area contributed by atoms with E-state index in [0.717, 1.165) is 38.0 Å². The molecule has 4 aliphatic carbocycles. The van der Waals surface area contributed by atoms with Crippen molar-refractivity contribution in [2.75, 3.05) is 0 Å². The maximum absolute atomic E-state index is 11.6. The average molecular weight is 421 g/mol. The van der Waals surface area contributed by atoms with Gasteiger partial charge in [-0.1, -0.05) is 53.9 Å². The second-order valence-electron chi connectivity index (χ2n) is 12.8. The molecule has 0 amide bonds. The van der Waals surface area contributed by atoms with Gasteiger partial charge in [-0.15, -0.1) is 0 Å². The Morgan fingerprint density at radius 2 is 1.60 bits per heavy atom.